The number of hydrogen-bond donors (Lipinski definition) is 1. The van der Waals surface area contributed by atoms with Crippen LogP contribution >= 0.6 is 0 Å². The number of rotatable bonds is 5. The van der Waals surface area contributed by atoms with E-state index in [0.717, 1.165) is 12.1 Å². The first-order chi connectivity index (χ1) is 11.3. The summed E-state index contributed by atoms with van der Waals surface area (Å²) in [6, 6.07) is 10.3. The summed E-state index contributed by atoms with van der Waals surface area (Å²) in [5.74, 6) is -0.530. The van der Waals surface area contributed by atoms with Crippen LogP contribution in [0, 0.1) is 10.1 Å². The molecule has 0 radical (unpaired) electrons. The van der Waals surface area contributed by atoms with Gasteiger partial charge in [0.2, 0.25) is 5.91 Å². The highest BCUT2D eigenvalue weighted by molar-refractivity contribution is 7.86. The molecule has 24 heavy (non-hydrogen) atoms. The monoisotopic (exact) mass is 350 g/mol. The van der Waals surface area contributed by atoms with Gasteiger partial charge in [0.25, 0.3) is 5.69 Å². The van der Waals surface area contributed by atoms with Gasteiger partial charge in [-0.25, -0.2) is 0 Å². The topological polar surface area (TPSA) is 106 Å². The molecule has 2 rings (SSSR count). The van der Waals surface area contributed by atoms with Crippen LogP contribution in [-0.2, 0) is 15.0 Å². The number of hydrogen-bond acceptors (Lipinski definition) is 5. The number of benzene rings is 2. The molecular formula is C15H11FN2O5S. The van der Waals surface area contributed by atoms with Gasteiger partial charge in [-0.2, -0.15) is 8.42 Å². The van der Waals surface area contributed by atoms with Crippen molar-refractivity contribution < 1.29 is 22.0 Å². The van der Waals surface area contributed by atoms with E-state index in [4.69, 9.17) is 0 Å². The van der Waals surface area contributed by atoms with E-state index in [0.29, 0.717) is 5.56 Å². The molecular weight excluding hydrogens is 339 g/mol. The smallest absolute Gasteiger partial charge is 0.323 e. The van der Waals surface area contributed by atoms with E-state index < -0.39 is 25.9 Å². The molecule has 0 saturated carbocycles. The third kappa shape index (κ3) is 4.71. The van der Waals surface area contributed by atoms with Gasteiger partial charge in [0, 0.05) is 23.9 Å². The molecule has 2 aromatic rings. The molecule has 0 aliphatic carbocycles. The molecule has 9 heteroatoms. The van der Waals surface area contributed by atoms with Crippen LogP contribution in [0.2, 0.25) is 0 Å². The molecule has 0 atom stereocenters. The Morgan fingerprint density at radius 3 is 2.42 bits per heavy atom. The summed E-state index contributed by atoms with van der Waals surface area (Å²) in [7, 11) is -4.79. The van der Waals surface area contributed by atoms with Crippen molar-refractivity contribution in [3.05, 3.63) is 70.3 Å². The molecule has 0 spiro atoms. The number of nitrogens with one attached hydrogen (secondary N) is 1. The van der Waals surface area contributed by atoms with Crippen molar-refractivity contribution in [2.75, 3.05) is 5.32 Å². The molecule has 7 nitrogen and oxygen atoms in total. The van der Waals surface area contributed by atoms with Gasteiger partial charge < -0.3 is 5.32 Å². The lowest BCUT2D eigenvalue weighted by Gasteiger charge is -2.02. The number of halogens is 1. The van der Waals surface area contributed by atoms with Gasteiger partial charge in [0.05, 0.1) is 9.82 Å². The summed E-state index contributed by atoms with van der Waals surface area (Å²) < 4.78 is 34.1. The molecule has 0 aromatic heterocycles. The summed E-state index contributed by atoms with van der Waals surface area (Å²) in [5.41, 5.74) is 0.648. The predicted octanol–water partition coefficient (Wildman–Crippen LogP) is 2.90. The summed E-state index contributed by atoms with van der Waals surface area (Å²) in [6.07, 6.45) is 2.56. The largest absolute Gasteiger partial charge is 0.332 e. The normalized spacial score (nSPS) is 11.4. The number of nitro groups is 1. The fraction of sp³-hybridized carbons (Fsp3) is 0. The molecule has 1 N–H and O–H groups in total. The average molecular weight is 350 g/mol. The van der Waals surface area contributed by atoms with Gasteiger partial charge in [-0.15, -0.1) is 3.89 Å². The van der Waals surface area contributed by atoms with Gasteiger partial charge in [0.1, 0.15) is 0 Å². The first kappa shape index (κ1) is 17.3. The van der Waals surface area contributed by atoms with E-state index in [2.05, 4.69) is 5.32 Å². The zero-order chi connectivity index (χ0) is 17.7. The van der Waals surface area contributed by atoms with Gasteiger partial charge in [-0.05, 0) is 35.9 Å². The molecule has 0 fully saturated rings. The number of amides is 1. The number of nitro benzene ring substituents is 1. The third-order valence-corrected chi connectivity index (χ3v) is 3.75. The Morgan fingerprint density at radius 2 is 1.83 bits per heavy atom. The second-order valence-corrected chi connectivity index (χ2v) is 5.98. The fourth-order valence-corrected chi connectivity index (χ4v) is 2.26. The fourth-order valence-electron chi connectivity index (χ4n) is 1.80. The molecule has 124 valence electrons. The number of nitrogens with zero attached hydrogens (tertiary/aromatic N) is 1. The van der Waals surface area contributed by atoms with E-state index in [9.17, 15) is 27.2 Å². The van der Waals surface area contributed by atoms with E-state index in [1.807, 2.05) is 0 Å². The lowest BCUT2D eigenvalue weighted by molar-refractivity contribution is -0.384. The van der Waals surface area contributed by atoms with Crippen molar-refractivity contribution in [2.45, 2.75) is 4.90 Å². The Bertz CT molecular complexity index is 908. The maximum Gasteiger partial charge on any atom is 0.332 e. The molecule has 0 bridgehead atoms. The molecule has 0 aliphatic rings. The first-order valence-corrected chi connectivity index (χ1v) is 7.92. The van der Waals surface area contributed by atoms with Crippen LogP contribution in [0.5, 0.6) is 0 Å². The Morgan fingerprint density at radius 1 is 1.17 bits per heavy atom. The minimum absolute atomic E-state index is 0.0967. The maximum absolute atomic E-state index is 12.7. The Kier molecular flexibility index (Phi) is 5.05. The van der Waals surface area contributed by atoms with Crippen LogP contribution in [0.25, 0.3) is 6.08 Å². The van der Waals surface area contributed by atoms with Crippen molar-refractivity contribution in [3.8, 4) is 0 Å². The predicted molar refractivity (Wildman–Crippen MR) is 85.5 cm³/mol. The summed E-state index contributed by atoms with van der Waals surface area (Å²) in [4.78, 5) is 21.4. The molecule has 0 aliphatic heterocycles. The van der Waals surface area contributed by atoms with Crippen molar-refractivity contribution in [2.24, 2.45) is 0 Å². The highest BCUT2D eigenvalue weighted by atomic mass is 32.3. The highest BCUT2D eigenvalue weighted by Gasteiger charge is 2.11. The Labute approximate surface area is 136 Å². The number of non-ortho nitro benzene ring substituents is 1. The van der Waals surface area contributed by atoms with Gasteiger partial charge in [-0.3, -0.25) is 14.9 Å². The quantitative estimate of drug-likeness (QED) is 0.386. The van der Waals surface area contributed by atoms with E-state index >= 15 is 0 Å². The zero-order valence-corrected chi connectivity index (χ0v) is 12.9. The Balaban J connectivity index is 2.05. The third-order valence-electron chi connectivity index (χ3n) is 2.91. The van der Waals surface area contributed by atoms with Crippen LogP contribution in [0.1, 0.15) is 5.56 Å². The highest BCUT2D eigenvalue weighted by Crippen LogP contribution is 2.16. The van der Waals surface area contributed by atoms with Gasteiger partial charge in [0.15, 0.2) is 0 Å². The van der Waals surface area contributed by atoms with Crippen LogP contribution in [-0.4, -0.2) is 19.2 Å². The molecule has 1 amide bonds. The molecule has 0 unspecified atom stereocenters. The standard InChI is InChI=1S/C15H11FN2O5S/c16-24(22,23)14-7-5-12(6-8-14)17-15(19)9-4-11-2-1-3-13(10-11)18(20)21/h1-10H,(H,17,19). The molecule has 2 aromatic carbocycles. The van der Waals surface area contributed by atoms with Crippen molar-refractivity contribution in [1.82, 2.24) is 0 Å². The van der Waals surface area contributed by atoms with Gasteiger partial charge in [-0.1, -0.05) is 12.1 Å². The van der Waals surface area contributed by atoms with Crippen molar-refractivity contribution in [1.29, 1.82) is 0 Å². The maximum atomic E-state index is 12.7. The molecule has 0 saturated heterocycles. The van der Waals surface area contributed by atoms with Crippen LogP contribution < -0.4 is 5.32 Å². The van der Waals surface area contributed by atoms with Crippen LogP contribution in [0.3, 0.4) is 0 Å². The summed E-state index contributed by atoms with van der Waals surface area (Å²) in [6.45, 7) is 0. The summed E-state index contributed by atoms with van der Waals surface area (Å²) in [5, 5.41) is 13.1. The lowest BCUT2D eigenvalue weighted by Crippen LogP contribution is -2.07. The minimum Gasteiger partial charge on any atom is -0.323 e. The zero-order valence-electron chi connectivity index (χ0n) is 12.0. The SMILES string of the molecule is O=C(C=Cc1cccc([N+](=O)[O-])c1)Nc1ccc(S(=O)(=O)F)cc1. The number of carbonyl (C=O) groups excluding carboxylic acids is 1. The second kappa shape index (κ2) is 7.01. The first-order valence-electron chi connectivity index (χ1n) is 6.54. The second-order valence-electron chi connectivity index (χ2n) is 4.64. The summed E-state index contributed by atoms with van der Waals surface area (Å²) >= 11 is 0. The van der Waals surface area contributed by atoms with E-state index in [-0.39, 0.29) is 11.4 Å². The van der Waals surface area contributed by atoms with Crippen molar-refractivity contribution in [3.63, 3.8) is 0 Å². The number of anilines is 1. The Hall–Kier alpha value is -3.07. The van der Waals surface area contributed by atoms with Gasteiger partial charge >= 0.3 is 10.2 Å². The van der Waals surface area contributed by atoms with Crippen molar-refractivity contribution >= 4 is 33.6 Å². The van der Waals surface area contributed by atoms with Crippen LogP contribution in [0.15, 0.2) is 59.5 Å². The average Bonchev–Trinajstić information content (AvgIpc) is 2.53. The van der Waals surface area contributed by atoms with E-state index in [1.54, 1.807) is 6.07 Å². The minimum atomic E-state index is -4.79. The number of carbonyl (C=O) groups is 1. The lowest BCUT2D eigenvalue weighted by atomic mass is 10.2. The van der Waals surface area contributed by atoms with Crippen LogP contribution in [0.4, 0.5) is 15.3 Å². The van der Waals surface area contributed by atoms with E-state index in [1.165, 1.54) is 42.5 Å². The molecule has 0 heterocycles.